The van der Waals surface area contributed by atoms with E-state index in [-0.39, 0.29) is 11.3 Å². The summed E-state index contributed by atoms with van der Waals surface area (Å²) in [7, 11) is -2.85. The molecule has 2 N–H and O–H groups in total. The molecule has 0 saturated carbocycles. The molecule has 0 aromatic heterocycles. The van der Waals surface area contributed by atoms with Crippen LogP contribution in [-0.2, 0) is 16.4 Å². The number of hydrogen-bond donors (Lipinski definition) is 2. The van der Waals surface area contributed by atoms with Crippen LogP contribution < -0.4 is 10.6 Å². The summed E-state index contributed by atoms with van der Waals surface area (Å²) >= 11 is 6.07. The van der Waals surface area contributed by atoms with Gasteiger partial charge in [0.25, 0.3) is 0 Å². The average molecular weight is 317 g/mol. The van der Waals surface area contributed by atoms with Crippen molar-refractivity contribution < 1.29 is 8.42 Å². The lowest BCUT2D eigenvalue weighted by atomic mass is 10.0. The monoisotopic (exact) mass is 316 g/mol. The Kier molecular flexibility index (Phi) is 5.07. The van der Waals surface area contributed by atoms with E-state index in [2.05, 4.69) is 10.6 Å². The molecule has 0 unspecified atom stereocenters. The second-order valence-corrected chi connectivity index (χ2v) is 8.19. The highest BCUT2D eigenvalue weighted by Crippen LogP contribution is 2.22. The molecule has 6 heteroatoms. The van der Waals surface area contributed by atoms with Gasteiger partial charge >= 0.3 is 0 Å². The molecule has 1 aliphatic rings. The maximum atomic E-state index is 11.5. The van der Waals surface area contributed by atoms with Gasteiger partial charge in [0.05, 0.1) is 11.5 Å². The van der Waals surface area contributed by atoms with Crippen molar-refractivity contribution in [3.8, 4) is 0 Å². The van der Waals surface area contributed by atoms with E-state index in [4.69, 9.17) is 11.6 Å². The standard InChI is InChI=1S/C14H21ClN2O2S/c1-14(6-9-20(18,19)11-14)17-8-7-16-10-12-4-2-3-5-13(12)15/h2-5,16-17H,6-11H2,1H3/t14-/m1/s1. The van der Waals surface area contributed by atoms with Crippen LogP contribution >= 0.6 is 11.6 Å². The lowest BCUT2D eigenvalue weighted by molar-refractivity contribution is 0.395. The van der Waals surface area contributed by atoms with Crippen molar-refractivity contribution in [2.24, 2.45) is 0 Å². The molecular weight excluding hydrogens is 296 g/mol. The first-order valence-corrected chi connectivity index (χ1v) is 9.00. The zero-order valence-corrected chi connectivity index (χ0v) is 13.2. The first-order valence-electron chi connectivity index (χ1n) is 6.80. The summed E-state index contributed by atoms with van der Waals surface area (Å²) in [5, 5.41) is 7.41. The maximum absolute atomic E-state index is 11.5. The van der Waals surface area contributed by atoms with Crippen LogP contribution in [0.1, 0.15) is 18.9 Å². The zero-order chi connectivity index (χ0) is 14.6. The topological polar surface area (TPSA) is 58.2 Å². The van der Waals surface area contributed by atoms with Crippen LogP contribution in [-0.4, -0.2) is 38.6 Å². The maximum Gasteiger partial charge on any atom is 0.152 e. The molecule has 1 saturated heterocycles. The average Bonchev–Trinajstić information content (AvgIpc) is 2.66. The second-order valence-electron chi connectivity index (χ2n) is 5.60. The molecule has 0 aliphatic carbocycles. The molecule has 1 aliphatic heterocycles. The fourth-order valence-electron chi connectivity index (χ4n) is 2.47. The number of halogens is 1. The first kappa shape index (κ1) is 15.8. The third-order valence-corrected chi connectivity index (χ3v) is 5.90. The van der Waals surface area contributed by atoms with Crippen molar-refractivity contribution in [3.63, 3.8) is 0 Å². The van der Waals surface area contributed by atoms with Crippen molar-refractivity contribution in [3.05, 3.63) is 34.9 Å². The number of hydrogen-bond acceptors (Lipinski definition) is 4. The van der Waals surface area contributed by atoms with Crippen LogP contribution in [0.25, 0.3) is 0 Å². The zero-order valence-electron chi connectivity index (χ0n) is 11.7. The van der Waals surface area contributed by atoms with Crippen LogP contribution in [0.4, 0.5) is 0 Å². The van der Waals surface area contributed by atoms with E-state index in [1.807, 2.05) is 31.2 Å². The third-order valence-electron chi connectivity index (χ3n) is 3.63. The fourth-order valence-corrected chi connectivity index (χ4v) is 4.79. The van der Waals surface area contributed by atoms with E-state index in [9.17, 15) is 8.42 Å². The Hall–Kier alpha value is -0.620. The molecule has 1 aromatic rings. The molecule has 0 bridgehead atoms. The SMILES string of the molecule is C[C@@]1(NCCNCc2ccccc2Cl)CCS(=O)(=O)C1. The van der Waals surface area contributed by atoms with E-state index in [1.54, 1.807) is 0 Å². The van der Waals surface area contributed by atoms with Gasteiger partial charge in [0.2, 0.25) is 0 Å². The Morgan fingerprint density at radius 2 is 2.05 bits per heavy atom. The normalized spacial score (nSPS) is 24.9. The number of rotatable bonds is 6. The van der Waals surface area contributed by atoms with E-state index < -0.39 is 9.84 Å². The van der Waals surface area contributed by atoms with E-state index in [1.165, 1.54) is 0 Å². The molecule has 1 atom stereocenters. The number of sulfone groups is 1. The van der Waals surface area contributed by atoms with Gasteiger partial charge in [-0.05, 0) is 25.0 Å². The Labute approximate surface area is 125 Å². The van der Waals surface area contributed by atoms with Crippen LogP contribution in [0.2, 0.25) is 5.02 Å². The highest BCUT2D eigenvalue weighted by molar-refractivity contribution is 7.91. The molecule has 1 aromatic carbocycles. The first-order chi connectivity index (χ1) is 9.40. The van der Waals surface area contributed by atoms with E-state index >= 15 is 0 Å². The summed E-state index contributed by atoms with van der Waals surface area (Å²) in [6.07, 6.45) is 0.694. The summed E-state index contributed by atoms with van der Waals surface area (Å²) < 4.78 is 23.0. The molecule has 2 rings (SSSR count). The molecule has 1 fully saturated rings. The lowest BCUT2D eigenvalue weighted by Crippen LogP contribution is -2.46. The summed E-state index contributed by atoms with van der Waals surface area (Å²) in [5.41, 5.74) is 0.800. The van der Waals surface area contributed by atoms with Gasteiger partial charge in [0.1, 0.15) is 0 Å². The minimum absolute atomic E-state index is 0.241. The Morgan fingerprint density at radius 1 is 1.30 bits per heavy atom. The van der Waals surface area contributed by atoms with E-state index in [0.717, 1.165) is 30.2 Å². The molecule has 112 valence electrons. The van der Waals surface area contributed by atoms with Crippen LogP contribution in [0, 0.1) is 0 Å². The van der Waals surface area contributed by atoms with Gasteiger partial charge < -0.3 is 10.6 Å². The van der Waals surface area contributed by atoms with Gasteiger partial charge in [-0.3, -0.25) is 0 Å². The predicted octanol–water partition coefficient (Wildman–Crippen LogP) is 1.60. The summed E-state index contributed by atoms with van der Waals surface area (Å²) in [6.45, 7) is 4.22. The Bertz CT molecular complexity index is 562. The van der Waals surface area contributed by atoms with Gasteiger partial charge in [-0.1, -0.05) is 29.8 Å². The highest BCUT2D eigenvalue weighted by Gasteiger charge is 2.37. The lowest BCUT2D eigenvalue weighted by Gasteiger charge is -2.24. The summed E-state index contributed by atoms with van der Waals surface area (Å²) in [6, 6.07) is 7.75. The molecule has 0 radical (unpaired) electrons. The molecule has 1 heterocycles. The smallest absolute Gasteiger partial charge is 0.152 e. The number of benzene rings is 1. The van der Waals surface area contributed by atoms with Crippen LogP contribution in [0.5, 0.6) is 0 Å². The van der Waals surface area contributed by atoms with Crippen LogP contribution in [0.3, 0.4) is 0 Å². The van der Waals surface area contributed by atoms with Gasteiger partial charge in [-0.25, -0.2) is 8.42 Å². The molecule has 0 amide bonds. The van der Waals surface area contributed by atoms with E-state index in [0.29, 0.717) is 12.2 Å². The van der Waals surface area contributed by atoms with Crippen molar-refractivity contribution in [1.82, 2.24) is 10.6 Å². The summed E-state index contributed by atoms with van der Waals surface area (Å²) in [5.74, 6) is 0.536. The minimum Gasteiger partial charge on any atom is -0.311 e. The fraction of sp³-hybridized carbons (Fsp3) is 0.571. The Balaban J connectivity index is 1.69. The predicted molar refractivity (Wildman–Crippen MR) is 82.8 cm³/mol. The third kappa shape index (κ3) is 4.45. The molecule has 4 nitrogen and oxygen atoms in total. The van der Waals surface area contributed by atoms with Crippen LogP contribution in [0.15, 0.2) is 24.3 Å². The van der Waals surface area contributed by atoms with Crippen molar-refractivity contribution >= 4 is 21.4 Å². The van der Waals surface area contributed by atoms with Gasteiger partial charge in [-0.2, -0.15) is 0 Å². The quantitative estimate of drug-likeness (QED) is 0.783. The second kappa shape index (κ2) is 6.43. The number of nitrogens with one attached hydrogen (secondary N) is 2. The summed E-state index contributed by atoms with van der Waals surface area (Å²) in [4.78, 5) is 0. The highest BCUT2D eigenvalue weighted by atomic mass is 35.5. The van der Waals surface area contributed by atoms with Crippen molar-refractivity contribution in [1.29, 1.82) is 0 Å². The van der Waals surface area contributed by atoms with Crippen molar-refractivity contribution in [2.45, 2.75) is 25.4 Å². The molecule has 0 spiro atoms. The largest absolute Gasteiger partial charge is 0.311 e. The van der Waals surface area contributed by atoms with Gasteiger partial charge in [0, 0.05) is 30.2 Å². The van der Waals surface area contributed by atoms with Gasteiger partial charge in [0.15, 0.2) is 9.84 Å². The van der Waals surface area contributed by atoms with Gasteiger partial charge in [-0.15, -0.1) is 0 Å². The minimum atomic E-state index is -2.85. The molecule has 20 heavy (non-hydrogen) atoms. The molecular formula is C14H21ClN2O2S. The van der Waals surface area contributed by atoms with Crippen molar-refractivity contribution in [2.75, 3.05) is 24.6 Å². The Morgan fingerprint density at radius 3 is 2.70 bits per heavy atom.